The van der Waals surface area contributed by atoms with Crippen molar-refractivity contribution in [2.75, 3.05) is 38.3 Å². The largest absolute Gasteiger partial charge is 0.491 e. The third-order valence-electron chi connectivity index (χ3n) is 3.89. The molecule has 7 heteroatoms. The van der Waals surface area contributed by atoms with Gasteiger partial charge < -0.3 is 19.7 Å². The van der Waals surface area contributed by atoms with E-state index in [2.05, 4.69) is 15.2 Å². The van der Waals surface area contributed by atoms with Crippen molar-refractivity contribution in [2.24, 2.45) is 0 Å². The molecule has 1 aliphatic rings. The van der Waals surface area contributed by atoms with Gasteiger partial charge in [-0.3, -0.25) is 4.79 Å². The summed E-state index contributed by atoms with van der Waals surface area (Å²) in [4.78, 5) is 18.9. The Hall–Kier alpha value is -2.12. The Morgan fingerprint density at radius 2 is 2.21 bits per heavy atom. The number of thiazole rings is 1. The van der Waals surface area contributed by atoms with Gasteiger partial charge >= 0.3 is 0 Å². The summed E-state index contributed by atoms with van der Waals surface area (Å²) in [6.45, 7) is 2.76. The fourth-order valence-corrected chi connectivity index (χ4v) is 3.32. The Bertz CT molecular complexity index is 646. The van der Waals surface area contributed by atoms with Crippen molar-refractivity contribution in [1.82, 2.24) is 10.3 Å². The first-order chi connectivity index (χ1) is 11.8. The summed E-state index contributed by atoms with van der Waals surface area (Å²) in [6, 6.07) is 7.33. The number of methoxy groups -OCH3 is 1. The second-order valence-corrected chi connectivity index (χ2v) is 6.46. The number of hydrogen-bond acceptors (Lipinski definition) is 6. The highest BCUT2D eigenvalue weighted by molar-refractivity contribution is 7.13. The van der Waals surface area contributed by atoms with Crippen molar-refractivity contribution in [3.8, 4) is 5.75 Å². The van der Waals surface area contributed by atoms with E-state index in [4.69, 9.17) is 9.47 Å². The third kappa shape index (κ3) is 4.24. The minimum absolute atomic E-state index is 0.0515. The summed E-state index contributed by atoms with van der Waals surface area (Å²) >= 11 is 1.63. The minimum atomic E-state index is -0.0515. The number of nitrogens with one attached hydrogen (secondary N) is 1. The van der Waals surface area contributed by atoms with Gasteiger partial charge in [-0.05, 0) is 30.7 Å². The molecule has 128 valence electrons. The molecule has 1 saturated heterocycles. The van der Waals surface area contributed by atoms with E-state index in [-0.39, 0.29) is 11.9 Å². The van der Waals surface area contributed by atoms with Crippen LogP contribution in [-0.2, 0) is 4.74 Å². The predicted octanol–water partition coefficient (Wildman–Crippen LogP) is 2.18. The first-order valence-corrected chi connectivity index (χ1v) is 8.81. The van der Waals surface area contributed by atoms with Crippen LogP contribution in [0.3, 0.4) is 0 Å². The van der Waals surface area contributed by atoms with Crippen LogP contribution >= 0.6 is 11.3 Å². The maximum atomic E-state index is 12.4. The smallest absolute Gasteiger partial charge is 0.251 e. The van der Waals surface area contributed by atoms with Crippen LogP contribution in [0.1, 0.15) is 16.8 Å². The molecule has 0 bridgehead atoms. The number of benzene rings is 1. The molecule has 1 aliphatic heterocycles. The van der Waals surface area contributed by atoms with Crippen molar-refractivity contribution >= 4 is 22.4 Å². The zero-order chi connectivity index (χ0) is 16.8. The summed E-state index contributed by atoms with van der Waals surface area (Å²) in [5.74, 6) is 0.684. The average molecular weight is 347 g/mol. The highest BCUT2D eigenvalue weighted by Gasteiger charge is 2.25. The zero-order valence-corrected chi connectivity index (χ0v) is 14.4. The third-order valence-corrected chi connectivity index (χ3v) is 4.72. The SMILES string of the molecule is COCCOc1ccc(C(=O)NC2CCN(c3nccs3)C2)cc1. The van der Waals surface area contributed by atoms with Crippen molar-refractivity contribution in [2.45, 2.75) is 12.5 Å². The first kappa shape index (κ1) is 16.7. The lowest BCUT2D eigenvalue weighted by atomic mass is 10.2. The summed E-state index contributed by atoms with van der Waals surface area (Å²) in [5, 5.41) is 6.08. The van der Waals surface area contributed by atoms with Crippen LogP contribution in [0.4, 0.5) is 5.13 Å². The maximum Gasteiger partial charge on any atom is 0.251 e. The monoisotopic (exact) mass is 347 g/mol. The van der Waals surface area contributed by atoms with Gasteiger partial charge in [0.2, 0.25) is 0 Å². The zero-order valence-electron chi connectivity index (χ0n) is 13.6. The predicted molar refractivity (Wildman–Crippen MR) is 94.0 cm³/mol. The molecule has 0 saturated carbocycles. The number of rotatable bonds is 7. The number of hydrogen-bond donors (Lipinski definition) is 1. The molecule has 1 amide bonds. The lowest BCUT2D eigenvalue weighted by Gasteiger charge is -2.16. The van der Waals surface area contributed by atoms with E-state index >= 15 is 0 Å². The van der Waals surface area contributed by atoms with Crippen molar-refractivity contribution in [3.05, 3.63) is 41.4 Å². The number of carbonyl (C=O) groups excluding carboxylic acids is 1. The quantitative estimate of drug-likeness (QED) is 0.778. The van der Waals surface area contributed by atoms with Gasteiger partial charge in [-0.1, -0.05) is 0 Å². The molecule has 3 rings (SSSR count). The number of nitrogens with zero attached hydrogens (tertiary/aromatic N) is 2. The van der Waals surface area contributed by atoms with E-state index < -0.39 is 0 Å². The van der Waals surface area contributed by atoms with Crippen molar-refractivity contribution < 1.29 is 14.3 Å². The van der Waals surface area contributed by atoms with Crippen LogP contribution in [-0.4, -0.2) is 50.3 Å². The molecule has 6 nitrogen and oxygen atoms in total. The molecule has 0 aliphatic carbocycles. The number of anilines is 1. The fourth-order valence-electron chi connectivity index (χ4n) is 2.64. The van der Waals surface area contributed by atoms with Gasteiger partial charge in [0.15, 0.2) is 5.13 Å². The second kappa shape index (κ2) is 8.12. The lowest BCUT2D eigenvalue weighted by Crippen LogP contribution is -2.37. The summed E-state index contributed by atoms with van der Waals surface area (Å²) < 4.78 is 10.4. The number of carbonyl (C=O) groups is 1. The van der Waals surface area contributed by atoms with E-state index in [0.717, 1.165) is 30.4 Å². The van der Waals surface area contributed by atoms with Crippen molar-refractivity contribution in [1.29, 1.82) is 0 Å². The normalized spacial score (nSPS) is 17.0. The van der Waals surface area contributed by atoms with E-state index in [1.165, 1.54) is 0 Å². The van der Waals surface area contributed by atoms with Crippen LogP contribution in [0, 0.1) is 0 Å². The lowest BCUT2D eigenvalue weighted by molar-refractivity contribution is 0.0940. The molecule has 1 fully saturated rings. The van der Waals surface area contributed by atoms with Gasteiger partial charge in [-0.25, -0.2) is 4.98 Å². The van der Waals surface area contributed by atoms with Crippen LogP contribution in [0.15, 0.2) is 35.8 Å². The molecular formula is C17H21N3O3S. The van der Waals surface area contributed by atoms with E-state index in [9.17, 15) is 4.79 Å². The van der Waals surface area contributed by atoms with Gasteiger partial charge in [0.1, 0.15) is 12.4 Å². The Labute approximate surface area is 145 Å². The van der Waals surface area contributed by atoms with Crippen molar-refractivity contribution in [3.63, 3.8) is 0 Å². The van der Waals surface area contributed by atoms with Crippen LogP contribution < -0.4 is 15.0 Å². The van der Waals surface area contributed by atoms with Crippen LogP contribution in [0.2, 0.25) is 0 Å². The molecule has 0 radical (unpaired) electrons. The van der Waals surface area contributed by atoms with E-state index in [1.807, 2.05) is 11.6 Å². The molecule has 1 atom stereocenters. The molecule has 1 aromatic heterocycles. The molecule has 1 unspecified atom stereocenters. The van der Waals surface area contributed by atoms with Crippen LogP contribution in [0.25, 0.3) is 0 Å². The number of aromatic nitrogens is 1. The first-order valence-electron chi connectivity index (χ1n) is 7.93. The van der Waals surface area contributed by atoms with E-state index in [0.29, 0.717) is 18.8 Å². The van der Waals surface area contributed by atoms with Crippen LogP contribution in [0.5, 0.6) is 5.75 Å². The Kier molecular flexibility index (Phi) is 5.66. The number of ether oxygens (including phenoxy) is 2. The van der Waals surface area contributed by atoms with E-state index in [1.54, 1.807) is 42.7 Å². The molecule has 1 N–H and O–H groups in total. The van der Waals surface area contributed by atoms with Gasteiger partial charge in [0.05, 0.1) is 6.61 Å². The molecule has 2 aromatic rings. The summed E-state index contributed by atoms with van der Waals surface area (Å²) in [5.41, 5.74) is 0.641. The highest BCUT2D eigenvalue weighted by atomic mass is 32.1. The fraction of sp³-hybridized carbons (Fsp3) is 0.412. The molecule has 24 heavy (non-hydrogen) atoms. The Morgan fingerprint density at radius 3 is 2.92 bits per heavy atom. The Balaban J connectivity index is 1.50. The molecule has 0 spiro atoms. The topological polar surface area (TPSA) is 63.7 Å². The summed E-state index contributed by atoms with van der Waals surface area (Å²) in [7, 11) is 1.63. The average Bonchev–Trinajstić information content (AvgIpc) is 3.27. The minimum Gasteiger partial charge on any atom is -0.491 e. The molecule has 2 heterocycles. The maximum absolute atomic E-state index is 12.4. The van der Waals surface area contributed by atoms with Gasteiger partial charge in [-0.15, -0.1) is 11.3 Å². The summed E-state index contributed by atoms with van der Waals surface area (Å²) in [6.07, 6.45) is 2.74. The van der Waals surface area contributed by atoms with Gasteiger partial charge in [0.25, 0.3) is 5.91 Å². The highest BCUT2D eigenvalue weighted by Crippen LogP contribution is 2.22. The van der Waals surface area contributed by atoms with Gasteiger partial charge in [0, 0.05) is 43.4 Å². The Morgan fingerprint density at radius 1 is 1.38 bits per heavy atom. The number of amides is 1. The molecule has 1 aromatic carbocycles. The van der Waals surface area contributed by atoms with Gasteiger partial charge in [-0.2, -0.15) is 0 Å². The molecular weight excluding hydrogens is 326 g/mol. The second-order valence-electron chi connectivity index (χ2n) is 5.59. The standard InChI is InChI=1S/C17H21N3O3S/c1-22-9-10-23-15-4-2-13(3-5-15)16(21)19-14-6-8-20(12-14)17-18-7-11-24-17/h2-5,7,11,14H,6,8-10,12H2,1H3,(H,19,21).